The number of aliphatic hydroxyl groups excluding tert-OH is 1. The van der Waals surface area contributed by atoms with E-state index >= 15 is 0 Å². The largest absolute Gasteiger partial charge is 0.487 e. The van der Waals surface area contributed by atoms with Crippen LogP contribution in [-0.2, 0) is 6.54 Å². The van der Waals surface area contributed by atoms with Gasteiger partial charge in [-0.1, -0.05) is 0 Å². The van der Waals surface area contributed by atoms with Crippen molar-refractivity contribution in [2.75, 3.05) is 5.32 Å². The maximum absolute atomic E-state index is 13.0. The molecule has 0 radical (unpaired) electrons. The van der Waals surface area contributed by atoms with Crippen LogP contribution < -0.4 is 10.1 Å². The second-order valence-electron chi connectivity index (χ2n) is 7.32. The summed E-state index contributed by atoms with van der Waals surface area (Å²) < 4.78 is 36.9. The average Bonchev–Trinajstić information content (AvgIpc) is 3.41. The molecule has 1 atom stereocenters. The number of hydrogen-bond donors (Lipinski definition) is 2. The highest BCUT2D eigenvalue weighted by Crippen LogP contribution is 2.33. The maximum Gasteiger partial charge on any atom is 0.487 e. The molecule has 1 amide bonds. The maximum atomic E-state index is 13.0. The highest BCUT2D eigenvalue weighted by molar-refractivity contribution is 6.20. The summed E-state index contributed by atoms with van der Waals surface area (Å²) in [5.74, 6) is -0.0865. The quantitative estimate of drug-likeness (QED) is 0.330. The Balaban J connectivity index is 1.71. The smallest absolute Gasteiger partial charge is 0.472 e. The molecule has 10 heteroatoms. The number of rotatable bonds is 7. The molecule has 2 aromatic carbocycles. The number of benzene rings is 2. The molecule has 4 aromatic rings. The third-order valence-corrected chi connectivity index (χ3v) is 5.08. The number of carbonyl (C=O) groups excluding carboxylic acids is 1. The minimum Gasteiger partial charge on any atom is -0.472 e. The lowest BCUT2D eigenvalue weighted by atomic mass is 10.0. The SMILES string of the molecule is CCn1c([C@H](C)O)nc2cc(C(=O)Nc3ccc(OC(F)(F)Cl)cc3)cc(-c3ccoc3)c21. The predicted octanol–water partition coefficient (Wildman–Crippen LogP) is 5.79. The minimum absolute atomic E-state index is 0.146. The number of anilines is 1. The first kappa shape index (κ1) is 22.8. The van der Waals surface area contributed by atoms with Gasteiger partial charge in [0.05, 0.1) is 23.6 Å². The molecule has 4 rings (SSSR count). The van der Waals surface area contributed by atoms with E-state index in [2.05, 4.69) is 15.0 Å². The summed E-state index contributed by atoms with van der Waals surface area (Å²) >= 11 is 4.76. The first-order valence-corrected chi connectivity index (χ1v) is 10.5. The Morgan fingerprint density at radius 1 is 1.30 bits per heavy atom. The molecule has 2 aromatic heterocycles. The summed E-state index contributed by atoms with van der Waals surface area (Å²) in [6.45, 7) is 4.15. The van der Waals surface area contributed by atoms with Crippen LogP contribution in [0.3, 0.4) is 0 Å². The van der Waals surface area contributed by atoms with Gasteiger partial charge in [0.15, 0.2) is 0 Å². The summed E-state index contributed by atoms with van der Waals surface area (Å²) in [6, 6.07) is 10.5. The van der Waals surface area contributed by atoms with Crippen molar-refractivity contribution in [1.82, 2.24) is 9.55 Å². The molecule has 0 unspecified atom stereocenters. The zero-order valence-electron chi connectivity index (χ0n) is 17.7. The number of hydrogen-bond acceptors (Lipinski definition) is 5. The number of nitrogens with one attached hydrogen (secondary N) is 1. The van der Waals surface area contributed by atoms with Gasteiger partial charge in [-0.3, -0.25) is 4.79 Å². The third kappa shape index (κ3) is 4.84. The molecule has 0 saturated carbocycles. The number of ether oxygens (including phenoxy) is 1. The van der Waals surface area contributed by atoms with Crippen molar-refractivity contribution in [2.45, 2.75) is 32.1 Å². The van der Waals surface area contributed by atoms with Crippen molar-refractivity contribution < 1.29 is 27.8 Å². The molecular weight excluding hydrogens is 456 g/mol. The van der Waals surface area contributed by atoms with Crippen LogP contribution in [-0.4, -0.2) is 26.1 Å². The summed E-state index contributed by atoms with van der Waals surface area (Å²) in [4.78, 5) is 17.5. The lowest BCUT2D eigenvalue weighted by Gasteiger charge is -2.12. The molecule has 0 spiro atoms. The Labute approximate surface area is 192 Å². The monoisotopic (exact) mass is 475 g/mol. The molecule has 0 fully saturated rings. The van der Waals surface area contributed by atoms with Gasteiger partial charge >= 0.3 is 5.57 Å². The Morgan fingerprint density at radius 2 is 2.03 bits per heavy atom. The standard InChI is InChI=1S/C23H20ClF2N3O4/c1-3-29-20-18(14-8-9-32-12-14)10-15(11-19(20)28-21(29)13(2)30)22(31)27-16-4-6-17(7-5-16)33-23(24,25)26/h4-13,30H,3H2,1-2H3,(H,27,31)/t13-/m0/s1. The van der Waals surface area contributed by atoms with Crippen LogP contribution in [0.5, 0.6) is 5.75 Å². The van der Waals surface area contributed by atoms with E-state index in [1.165, 1.54) is 30.5 Å². The van der Waals surface area contributed by atoms with Gasteiger partial charge in [-0.2, -0.15) is 0 Å². The van der Waals surface area contributed by atoms with Crippen LogP contribution in [0.2, 0.25) is 0 Å². The van der Waals surface area contributed by atoms with Crippen LogP contribution in [0.4, 0.5) is 14.5 Å². The number of nitrogens with zero attached hydrogens (tertiary/aromatic N) is 2. The van der Waals surface area contributed by atoms with Crippen LogP contribution >= 0.6 is 11.6 Å². The molecule has 0 aliphatic rings. The zero-order valence-corrected chi connectivity index (χ0v) is 18.4. The van der Waals surface area contributed by atoms with E-state index in [9.17, 15) is 18.7 Å². The Kier molecular flexibility index (Phi) is 6.09. The second-order valence-corrected chi connectivity index (χ2v) is 7.76. The van der Waals surface area contributed by atoms with Gasteiger partial charge in [-0.25, -0.2) is 4.98 Å². The lowest BCUT2D eigenvalue weighted by molar-refractivity contribution is -0.0964. The average molecular weight is 476 g/mol. The van der Waals surface area contributed by atoms with E-state index in [0.717, 1.165) is 16.6 Å². The van der Waals surface area contributed by atoms with Crippen molar-refractivity contribution in [3.63, 3.8) is 0 Å². The van der Waals surface area contributed by atoms with E-state index in [-0.39, 0.29) is 5.75 Å². The number of carbonyl (C=O) groups is 1. The molecule has 2 N–H and O–H groups in total. The molecule has 0 aliphatic heterocycles. The zero-order chi connectivity index (χ0) is 23.8. The van der Waals surface area contributed by atoms with E-state index in [1.54, 1.807) is 31.4 Å². The van der Waals surface area contributed by atoms with Gasteiger partial charge in [0.2, 0.25) is 0 Å². The van der Waals surface area contributed by atoms with Crippen LogP contribution in [0.1, 0.15) is 36.1 Å². The lowest BCUT2D eigenvalue weighted by Crippen LogP contribution is -2.16. The molecule has 0 aliphatic carbocycles. The van der Waals surface area contributed by atoms with Crippen molar-refractivity contribution in [3.05, 3.63) is 66.4 Å². The Morgan fingerprint density at radius 3 is 2.61 bits per heavy atom. The molecule has 0 bridgehead atoms. The van der Waals surface area contributed by atoms with Gasteiger partial charge in [0.1, 0.15) is 17.7 Å². The Hall–Kier alpha value is -3.43. The third-order valence-electron chi connectivity index (χ3n) is 5.00. The van der Waals surface area contributed by atoms with Gasteiger partial charge < -0.3 is 24.1 Å². The van der Waals surface area contributed by atoms with E-state index in [0.29, 0.717) is 29.1 Å². The number of furan rings is 1. The molecule has 0 saturated heterocycles. The topological polar surface area (TPSA) is 89.5 Å². The summed E-state index contributed by atoms with van der Waals surface area (Å²) in [5, 5.41) is 12.9. The molecular formula is C23H20ClF2N3O4. The minimum atomic E-state index is -3.82. The highest BCUT2D eigenvalue weighted by Gasteiger charge is 2.27. The first-order chi connectivity index (χ1) is 15.7. The van der Waals surface area contributed by atoms with Crippen LogP contribution in [0.25, 0.3) is 22.2 Å². The van der Waals surface area contributed by atoms with Crippen LogP contribution in [0, 0.1) is 0 Å². The van der Waals surface area contributed by atoms with Gasteiger partial charge in [-0.05, 0) is 56.3 Å². The van der Waals surface area contributed by atoms with Crippen molar-refractivity contribution in [1.29, 1.82) is 0 Å². The summed E-state index contributed by atoms with van der Waals surface area (Å²) in [7, 11) is 0. The number of imidazole rings is 1. The molecule has 172 valence electrons. The van der Waals surface area contributed by atoms with Crippen molar-refractivity contribution >= 4 is 34.2 Å². The fourth-order valence-electron chi connectivity index (χ4n) is 3.64. The normalized spacial score (nSPS) is 12.7. The van der Waals surface area contributed by atoms with Gasteiger partial charge in [0.25, 0.3) is 5.91 Å². The first-order valence-electron chi connectivity index (χ1n) is 10.1. The second kappa shape index (κ2) is 8.84. The highest BCUT2D eigenvalue weighted by atomic mass is 35.5. The number of alkyl halides is 3. The fraction of sp³-hybridized carbons (Fsp3) is 0.217. The van der Waals surface area contributed by atoms with Crippen molar-refractivity contribution in [2.24, 2.45) is 0 Å². The van der Waals surface area contributed by atoms with Gasteiger partial charge in [-0.15, -0.1) is 8.78 Å². The predicted molar refractivity (Wildman–Crippen MR) is 120 cm³/mol. The van der Waals surface area contributed by atoms with E-state index in [4.69, 9.17) is 16.0 Å². The summed E-state index contributed by atoms with van der Waals surface area (Å²) in [5.41, 5.74) is -0.329. The molecule has 33 heavy (non-hydrogen) atoms. The number of aryl methyl sites for hydroxylation is 1. The number of fused-ring (bicyclic) bond motifs is 1. The molecule has 7 nitrogen and oxygen atoms in total. The number of aliphatic hydroxyl groups is 1. The Bertz CT molecular complexity index is 1280. The fourth-order valence-corrected chi connectivity index (χ4v) is 3.73. The van der Waals surface area contributed by atoms with E-state index in [1.807, 2.05) is 11.5 Å². The van der Waals surface area contributed by atoms with Crippen molar-refractivity contribution in [3.8, 4) is 16.9 Å². The van der Waals surface area contributed by atoms with E-state index < -0.39 is 17.6 Å². The van der Waals surface area contributed by atoms with Gasteiger partial charge in [0, 0.05) is 40.5 Å². The number of halogens is 3. The summed E-state index contributed by atoms with van der Waals surface area (Å²) in [6.07, 6.45) is 2.30. The molecule has 2 heterocycles. The van der Waals surface area contributed by atoms with Crippen LogP contribution in [0.15, 0.2) is 59.4 Å². The number of aromatic nitrogens is 2. The number of amides is 1.